The van der Waals surface area contributed by atoms with E-state index < -0.39 is 0 Å². The molecule has 1 aromatic heterocycles. The number of halogens is 1. The Labute approximate surface area is 117 Å². The zero-order chi connectivity index (χ0) is 13.0. The van der Waals surface area contributed by atoms with Gasteiger partial charge in [0.1, 0.15) is 5.03 Å². The smallest absolute Gasteiger partial charge is 0.171 e. The van der Waals surface area contributed by atoms with E-state index in [4.69, 9.17) is 10.9 Å². The Hall–Kier alpha value is -1.53. The Kier molecular flexibility index (Phi) is 4.22. The molecule has 0 bridgehead atoms. The summed E-state index contributed by atoms with van der Waals surface area (Å²) in [5.74, 6) is 0.0928. The minimum Gasteiger partial charge on any atom is -0.409 e. The van der Waals surface area contributed by atoms with Gasteiger partial charge in [-0.05, 0) is 34.1 Å². The van der Waals surface area contributed by atoms with E-state index in [1.807, 2.05) is 30.3 Å². The van der Waals surface area contributed by atoms with Gasteiger partial charge < -0.3 is 10.9 Å². The summed E-state index contributed by atoms with van der Waals surface area (Å²) < 4.78 is 0.927. The minimum absolute atomic E-state index is 0.0928. The second kappa shape index (κ2) is 5.88. The average Bonchev–Trinajstić information content (AvgIpc) is 2.41. The molecule has 4 nitrogen and oxygen atoms in total. The second-order valence-corrected chi connectivity index (χ2v) is 5.38. The zero-order valence-corrected chi connectivity index (χ0v) is 11.6. The van der Waals surface area contributed by atoms with E-state index in [-0.39, 0.29) is 5.84 Å². The molecule has 92 valence electrons. The molecule has 0 aliphatic rings. The Morgan fingerprint density at radius 2 is 2.06 bits per heavy atom. The number of benzene rings is 1. The molecule has 1 aromatic carbocycles. The summed E-state index contributed by atoms with van der Waals surface area (Å²) in [5.41, 5.74) is 6.32. The van der Waals surface area contributed by atoms with Crippen molar-refractivity contribution >= 4 is 33.5 Å². The van der Waals surface area contributed by atoms with Crippen molar-refractivity contribution in [2.45, 2.75) is 9.92 Å². The molecule has 0 atom stereocenters. The molecule has 0 saturated carbocycles. The lowest BCUT2D eigenvalue weighted by atomic mass is 10.2. The molecular formula is C12H10BrN3OS. The van der Waals surface area contributed by atoms with E-state index in [2.05, 4.69) is 26.1 Å². The van der Waals surface area contributed by atoms with Crippen LogP contribution in [0, 0.1) is 0 Å². The first-order valence-corrected chi connectivity index (χ1v) is 6.68. The van der Waals surface area contributed by atoms with Crippen molar-refractivity contribution in [1.29, 1.82) is 0 Å². The number of aromatic nitrogens is 1. The van der Waals surface area contributed by atoms with Crippen LogP contribution in [0.4, 0.5) is 0 Å². The predicted octanol–water partition coefficient (Wildman–Crippen LogP) is 3.09. The van der Waals surface area contributed by atoms with E-state index in [0.717, 1.165) is 14.4 Å². The van der Waals surface area contributed by atoms with Gasteiger partial charge in [-0.15, -0.1) is 0 Å². The fourth-order valence-electron chi connectivity index (χ4n) is 1.36. The highest BCUT2D eigenvalue weighted by molar-refractivity contribution is 9.10. The highest BCUT2D eigenvalue weighted by atomic mass is 79.9. The van der Waals surface area contributed by atoms with Gasteiger partial charge in [0, 0.05) is 21.1 Å². The number of oxime groups is 1. The lowest BCUT2D eigenvalue weighted by molar-refractivity contribution is 0.318. The van der Waals surface area contributed by atoms with Crippen LogP contribution in [0.1, 0.15) is 5.56 Å². The van der Waals surface area contributed by atoms with Gasteiger partial charge in [0.2, 0.25) is 0 Å². The number of nitrogens with two attached hydrogens (primary N) is 1. The molecule has 0 aliphatic carbocycles. The Morgan fingerprint density at radius 1 is 1.28 bits per heavy atom. The normalized spacial score (nSPS) is 11.5. The van der Waals surface area contributed by atoms with Crippen LogP contribution >= 0.6 is 27.7 Å². The zero-order valence-electron chi connectivity index (χ0n) is 9.25. The Balaban J connectivity index is 2.32. The highest BCUT2D eigenvalue weighted by Crippen LogP contribution is 2.29. The standard InChI is InChI=1S/C12H10BrN3OS/c13-8-5-6-11(15-7-8)18-10-4-2-1-3-9(10)12(14)16-17/h1-7,17H,(H2,14,16). The van der Waals surface area contributed by atoms with Crippen LogP contribution in [-0.2, 0) is 0 Å². The molecule has 0 saturated heterocycles. The third-order valence-corrected chi connectivity index (χ3v) is 3.68. The molecule has 0 aliphatic heterocycles. The van der Waals surface area contributed by atoms with Crippen molar-refractivity contribution in [2.24, 2.45) is 10.9 Å². The molecule has 2 rings (SSSR count). The predicted molar refractivity (Wildman–Crippen MR) is 75.0 cm³/mol. The van der Waals surface area contributed by atoms with Crippen LogP contribution in [0.3, 0.4) is 0 Å². The monoisotopic (exact) mass is 323 g/mol. The molecule has 18 heavy (non-hydrogen) atoms. The summed E-state index contributed by atoms with van der Waals surface area (Å²) in [6.45, 7) is 0. The van der Waals surface area contributed by atoms with E-state index in [1.54, 1.807) is 12.3 Å². The van der Waals surface area contributed by atoms with Gasteiger partial charge in [-0.1, -0.05) is 35.1 Å². The second-order valence-electron chi connectivity index (χ2n) is 3.40. The van der Waals surface area contributed by atoms with E-state index >= 15 is 0 Å². The number of rotatable bonds is 3. The summed E-state index contributed by atoms with van der Waals surface area (Å²) in [7, 11) is 0. The van der Waals surface area contributed by atoms with Crippen molar-refractivity contribution in [1.82, 2.24) is 4.98 Å². The van der Waals surface area contributed by atoms with Gasteiger partial charge in [0.25, 0.3) is 0 Å². The molecule has 0 unspecified atom stereocenters. The SMILES string of the molecule is NC(=NO)c1ccccc1Sc1ccc(Br)cn1. The first-order valence-electron chi connectivity index (χ1n) is 5.07. The lowest BCUT2D eigenvalue weighted by Gasteiger charge is -2.06. The van der Waals surface area contributed by atoms with Crippen molar-refractivity contribution in [3.05, 3.63) is 52.6 Å². The Bertz CT molecular complexity index is 572. The molecular weight excluding hydrogens is 314 g/mol. The van der Waals surface area contributed by atoms with Crippen molar-refractivity contribution in [2.75, 3.05) is 0 Å². The van der Waals surface area contributed by atoms with E-state index in [1.165, 1.54) is 11.8 Å². The molecule has 0 radical (unpaired) electrons. The molecule has 3 N–H and O–H groups in total. The van der Waals surface area contributed by atoms with Crippen molar-refractivity contribution in [3.8, 4) is 0 Å². The maximum atomic E-state index is 8.75. The Morgan fingerprint density at radius 3 is 2.72 bits per heavy atom. The summed E-state index contributed by atoms with van der Waals surface area (Å²) in [5, 5.41) is 12.6. The maximum Gasteiger partial charge on any atom is 0.171 e. The highest BCUT2D eigenvalue weighted by Gasteiger charge is 2.08. The van der Waals surface area contributed by atoms with Crippen LogP contribution < -0.4 is 5.73 Å². The fraction of sp³-hybridized carbons (Fsp3) is 0. The molecule has 0 spiro atoms. The van der Waals surface area contributed by atoms with Gasteiger partial charge >= 0.3 is 0 Å². The van der Waals surface area contributed by atoms with Crippen molar-refractivity contribution < 1.29 is 5.21 Å². The minimum atomic E-state index is 0.0928. The van der Waals surface area contributed by atoms with Crippen LogP contribution in [-0.4, -0.2) is 16.0 Å². The number of hydrogen-bond donors (Lipinski definition) is 2. The first kappa shape index (κ1) is 12.9. The van der Waals surface area contributed by atoms with Gasteiger partial charge in [0.05, 0.1) is 0 Å². The number of pyridine rings is 1. The summed E-state index contributed by atoms with van der Waals surface area (Å²) >= 11 is 4.80. The summed E-state index contributed by atoms with van der Waals surface area (Å²) in [6.07, 6.45) is 1.73. The number of nitrogens with zero attached hydrogens (tertiary/aromatic N) is 2. The largest absolute Gasteiger partial charge is 0.409 e. The van der Waals surface area contributed by atoms with Crippen LogP contribution in [0.25, 0.3) is 0 Å². The van der Waals surface area contributed by atoms with Gasteiger partial charge in [-0.3, -0.25) is 0 Å². The lowest BCUT2D eigenvalue weighted by Crippen LogP contribution is -2.14. The van der Waals surface area contributed by atoms with Crippen LogP contribution in [0.2, 0.25) is 0 Å². The summed E-state index contributed by atoms with van der Waals surface area (Å²) in [6, 6.07) is 11.3. The first-order chi connectivity index (χ1) is 8.70. The third-order valence-electron chi connectivity index (χ3n) is 2.19. The van der Waals surface area contributed by atoms with E-state index in [9.17, 15) is 0 Å². The topological polar surface area (TPSA) is 71.5 Å². The summed E-state index contributed by atoms with van der Waals surface area (Å²) in [4.78, 5) is 5.16. The quantitative estimate of drug-likeness (QED) is 0.394. The molecule has 1 heterocycles. The number of amidine groups is 1. The average molecular weight is 324 g/mol. The number of hydrogen-bond acceptors (Lipinski definition) is 4. The molecule has 6 heteroatoms. The van der Waals surface area contributed by atoms with E-state index in [0.29, 0.717) is 5.56 Å². The maximum absolute atomic E-state index is 8.75. The van der Waals surface area contributed by atoms with Crippen molar-refractivity contribution in [3.63, 3.8) is 0 Å². The van der Waals surface area contributed by atoms with Gasteiger partial charge in [-0.2, -0.15) is 0 Å². The van der Waals surface area contributed by atoms with Crippen LogP contribution in [0.15, 0.2) is 62.1 Å². The van der Waals surface area contributed by atoms with Gasteiger partial charge in [0.15, 0.2) is 5.84 Å². The molecule has 0 fully saturated rings. The third kappa shape index (κ3) is 3.02. The van der Waals surface area contributed by atoms with Gasteiger partial charge in [-0.25, -0.2) is 4.98 Å². The van der Waals surface area contributed by atoms with Crippen LogP contribution in [0.5, 0.6) is 0 Å². The molecule has 2 aromatic rings. The molecule has 0 amide bonds. The fourth-order valence-corrected chi connectivity index (χ4v) is 2.49.